The van der Waals surface area contributed by atoms with Gasteiger partial charge in [0.05, 0.1) is 11.7 Å². The fourth-order valence-electron chi connectivity index (χ4n) is 1.41. The molecule has 5 heteroatoms. The van der Waals surface area contributed by atoms with Gasteiger partial charge < -0.3 is 5.32 Å². The fraction of sp³-hybridized carbons (Fsp3) is 0.364. The molecule has 1 aromatic carbocycles. The quantitative estimate of drug-likeness (QED) is 0.817. The zero-order valence-electron chi connectivity index (χ0n) is 8.84. The van der Waals surface area contributed by atoms with Crippen LogP contribution in [0.1, 0.15) is 13.3 Å². The number of rotatable bonds is 1. The van der Waals surface area contributed by atoms with E-state index in [1.165, 1.54) is 23.9 Å². The maximum atomic E-state index is 13.4. The molecule has 16 heavy (non-hydrogen) atoms. The zero-order chi connectivity index (χ0) is 11.5. The largest absolute Gasteiger partial charge is 0.332 e. The third kappa shape index (κ3) is 2.52. The Labute approximate surface area is 97.1 Å². The summed E-state index contributed by atoms with van der Waals surface area (Å²) in [4.78, 5) is 4.33. The van der Waals surface area contributed by atoms with E-state index < -0.39 is 11.6 Å². The van der Waals surface area contributed by atoms with Crippen molar-refractivity contribution in [3.05, 3.63) is 29.8 Å². The van der Waals surface area contributed by atoms with Crippen LogP contribution in [0.25, 0.3) is 0 Å². The number of hydrogen-bond donors (Lipinski definition) is 1. The number of amidine groups is 1. The van der Waals surface area contributed by atoms with Crippen molar-refractivity contribution in [1.82, 2.24) is 0 Å². The van der Waals surface area contributed by atoms with Crippen molar-refractivity contribution in [2.24, 2.45) is 4.99 Å². The van der Waals surface area contributed by atoms with Gasteiger partial charge in [0, 0.05) is 5.75 Å². The van der Waals surface area contributed by atoms with Crippen molar-refractivity contribution >= 4 is 22.6 Å². The molecule has 0 aliphatic carbocycles. The highest BCUT2D eigenvalue weighted by Gasteiger charge is 2.14. The lowest BCUT2D eigenvalue weighted by atomic mass is 10.3. The average Bonchev–Trinajstić information content (AvgIpc) is 2.25. The third-order valence-electron chi connectivity index (χ3n) is 2.31. The van der Waals surface area contributed by atoms with Crippen LogP contribution in [0.5, 0.6) is 0 Å². The lowest BCUT2D eigenvalue weighted by Gasteiger charge is -2.17. The van der Waals surface area contributed by atoms with Gasteiger partial charge in [-0.05, 0) is 25.5 Å². The smallest absolute Gasteiger partial charge is 0.182 e. The molecule has 0 aromatic heterocycles. The minimum Gasteiger partial charge on any atom is -0.332 e. The van der Waals surface area contributed by atoms with E-state index in [9.17, 15) is 8.78 Å². The van der Waals surface area contributed by atoms with Gasteiger partial charge in [-0.2, -0.15) is 0 Å². The molecule has 2 rings (SSSR count). The van der Waals surface area contributed by atoms with Gasteiger partial charge in [-0.1, -0.05) is 17.8 Å². The van der Waals surface area contributed by atoms with E-state index in [0.29, 0.717) is 5.17 Å². The summed E-state index contributed by atoms with van der Waals surface area (Å²) >= 11 is 1.53. The SMILES string of the molecule is CC1CCSC(Nc2cccc(F)c2F)=N1. The Balaban J connectivity index is 2.17. The highest BCUT2D eigenvalue weighted by Crippen LogP contribution is 2.22. The molecule has 1 N–H and O–H groups in total. The molecule has 1 unspecified atom stereocenters. The van der Waals surface area contributed by atoms with Gasteiger partial charge in [0.25, 0.3) is 0 Å². The van der Waals surface area contributed by atoms with Crippen LogP contribution in [0, 0.1) is 11.6 Å². The molecule has 1 aliphatic rings. The van der Waals surface area contributed by atoms with Crippen LogP contribution in [0.4, 0.5) is 14.5 Å². The molecule has 0 bridgehead atoms. The van der Waals surface area contributed by atoms with E-state index >= 15 is 0 Å². The number of anilines is 1. The first kappa shape index (κ1) is 11.4. The van der Waals surface area contributed by atoms with Crippen LogP contribution in [-0.2, 0) is 0 Å². The van der Waals surface area contributed by atoms with Crippen LogP contribution >= 0.6 is 11.8 Å². The molecule has 1 aromatic rings. The highest BCUT2D eigenvalue weighted by molar-refractivity contribution is 8.14. The number of benzene rings is 1. The molecular weight excluding hydrogens is 230 g/mol. The molecule has 0 amide bonds. The summed E-state index contributed by atoms with van der Waals surface area (Å²) < 4.78 is 26.3. The monoisotopic (exact) mass is 242 g/mol. The predicted octanol–water partition coefficient (Wildman–Crippen LogP) is 3.26. The van der Waals surface area contributed by atoms with Gasteiger partial charge >= 0.3 is 0 Å². The molecule has 2 nitrogen and oxygen atoms in total. The molecule has 0 saturated heterocycles. The highest BCUT2D eigenvalue weighted by atomic mass is 32.2. The molecule has 1 heterocycles. The fourth-order valence-corrected chi connectivity index (χ4v) is 2.50. The van der Waals surface area contributed by atoms with Crippen molar-refractivity contribution in [1.29, 1.82) is 0 Å². The Morgan fingerprint density at radius 3 is 3.00 bits per heavy atom. The van der Waals surface area contributed by atoms with E-state index in [2.05, 4.69) is 10.3 Å². The van der Waals surface area contributed by atoms with Gasteiger partial charge in [0.15, 0.2) is 16.8 Å². The van der Waals surface area contributed by atoms with Gasteiger partial charge in [0.2, 0.25) is 0 Å². The van der Waals surface area contributed by atoms with E-state index in [1.807, 2.05) is 6.92 Å². The zero-order valence-corrected chi connectivity index (χ0v) is 9.65. The van der Waals surface area contributed by atoms with Crippen molar-refractivity contribution in [2.75, 3.05) is 11.1 Å². The maximum Gasteiger partial charge on any atom is 0.182 e. The minimum atomic E-state index is -0.857. The maximum absolute atomic E-state index is 13.4. The van der Waals surface area contributed by atoms with E-state index in [4.69, 9.17) is 0 Å². The molecule has 0 radical (unpaired) electrons. The number of hydrogen-bond acceptors (Lipinski definition) is 3. The molecule has 1 aliphatic heterocycles. The Morgan fingerprint density at radius 1 is 1.44 bits per heavy atom. The molecule has 0 spiro atoms. The first-order valence-electron chi connectivity index (χ1n) is 5.08. The number of aliphatic imine (C=N–C) groups is 1. The summed E-state index contributed by atoms with van der Waals surface area (Å²) in [6.45, 7) is 2.00. The first-order valence-corrected chi connectivity index (χ1v) is 6.07. The van der Waals surface area contributed by atoms with Gasteiger partial charge in [0.1, 0.15) is 0 Å². The van der Waals surface area contributed by atoms with Gasteiger partial charge in [-0.3, -0.25) is 4.99 Å². The van der Waals surface area contributed by atoms with Crippen LogP contribution in [0.2, 0.25) is 0 Å². The van der Waals surface area contributed by atoms with Crippen LogP contribution < -0.4 is 5.32 Å². The van der Waals surface area contributed by atoms with Crippen molar-refractivity contribution in [3.63, 3.8) is 0 Å². The normalized spacial score (nSPS) is 20.4. The Morgan fingerprint density at radius 2 is 2.25 bits per heavy atom. The number of nitrogens with zero attached hydrogens (tertiary/aromatic N) is 1. The molecule has 0 fully saturated rings. The Hall–Kier alpha value is -1.10. The molecule has 0 saturated carbocycles. The van der Waals surface area contributed by atoms with Gasteiger partial charge in [-0.25, -0.2) is 8.78 Å². The Kier molecular flexibility index (Phi) is 3.43. The molecule has 1 atom stereocenters. The van der Waals surface area contributed by atoms with Crippen molar-refractivity contribution < 1.29 is 8.78 Å². The average molecular weight is 242 g/mol. The van der Waals surface area contributed by atoms with E-state index in [0.717, 1.165) is 18.2 Å². The lowest BCUT2D eigenvalue weighted by Crippen LogP contribution is -2.18. The standard InChI is InChI=1S/C11H12F2N2S/c1-7-5-6-16-11(14-7)15-9-4-2-3-8(12)10(9)13/h2-4,7H,5-6H2,1H3,(H,14,15). The molecular formula is C11H12F2N2S. The Bertz CT molecular complexity index is 420. The summed E-state index contributed by atoms with van der Waals surface area (Å²) in [5.41, 5.74) is 0.139. The van der Waals surface area contributed by atoms with Crippen LogP contribution in [0.15, 0.2) is 23.2 Å². The number of halogens is 2. The topological polar surface area (TPSA) is 24.4 Å². The summed E-state index contributed by atoms with van der Waals surface area (Å²) in [6.07, 6.45) is 1.02. The summed E-state index contributed by atoms with van der Waals surface area (Å²) in [7, 11) is 0. The predicted molar refractivity (Wildman–Crippen MR) is 64.0 cm³/mol. The summed E-state index contributed by atoms with van der Waals surface area (Å²) in [5, 5.41) is 3.47. The van der Waals surface area contributed by atoms with Gasteiger partial charge in [-0.15, -0.1) is 0 Å². The number of thioether (sulfide) groups is 1. The first-order chi connectivity index (χ1) is 7.66. The molecule has 86 valence electrons. The second-order valence-corrected chi connectivity index (χ2v) is 4.73. The van der Waals surface area contributed by atoms with E-state index in [1.54, 1.807) is 0 Å². The van der Waals surface area contributed by atoms with E-state index in [-0.39, 0.29) is 11.7 Å². The summed E-state index contributed by atoms with van der Waals surface area (Å²) in [6, 6.07) is 4.30. The van der Waals surface area contributed by atoms with Crippen LogP contribution in [0.3, 0.4) is 0 Å². The third-order valence-corrected chi connectivity index (χ3v) is 3.23. The summed E-state index contributed by atoms with van der Waals surface area (Å²) in [5.74, 6) is -0.757. The lowest BCUT2D eigenvalue weighted by molar-refractivity contribution is 0.512. The second kappa shape index (κ2) is 4.82. The van der Waals surface area contributed by atoms with Crippen LogP contribution in [-0.4, -0.2) is 17.0 Å². The minimum absolute atomic E-state index is 0.139. The second-order valence-electron chi connectivity index (χ2n) is 3.65. The van der Waals surface area contributed by atoms with Crippen molar-refractivity contribution in [3.8, 4) is 0 Å². The van der Waals surface area contributed by atoms with Crippen molar-refractivity contribution in [2.45, 2.75) is 19.4 Å². The number of nitrogens with one attached hydrogen (secondary N) is 1.